The molecule has 1 aliphatic heterocycles. The molecule has 9 nitrogen and oxygen atoms in total. The second kappa shape index (κ2) is 12.7. The number of nitrogens with one attached hydrogen (secondary N) is 1. The van der Waals surface area contributed by atoms with Gasteiger partial charge in [0.2, 0.25) is 5.88 Å². The van der Waals surface area contributed by atoms with Crippen molar-refractivity contribution in [3.8, 4) is 23.1 Å². The smallest absolute Gasteiger partial charge is 0.449 e. The van der Waals surface area contributed by atoms with Gasteiger partial charge in [0.1, 0.15) is 11.9 Å². The van der Waals surface area contributed by atoms with Crippen LogP contribution < -0.4 is 15.0 Å². The number of benzene rings is 3. The summed E-state index contributed by atoms with van der Waals surface area (Å²) in [5.74, 6) is 2.59. The molecule has 0 unspecified atom stereocenters. The van der Waals surface area contributed by atoms with E-state index in [9.17, 15) is 20.0 Å². The highest BCUT2D eigenvalue weighted by Crippen LogP contribution is 2.62. The molecule has 11 heteroatoms. The number of nitrogens with zero attached hydrogens (tertiary/aromatic N) is 4. The van der Waals surface area contributed by atoms with E-state index in [4.69, 9.17) is 9.72 Å². The van der Waals surface area contributed by atoms with Gasteiger partial charge in [0.05, 0.1) is 15.8 Å². The van der Waals surface area contributed by atoms with Gasteiger partial charge in [0.25, 0.3) is 5.91 Å². The molecule has 3 heterocycles. The Bertz CT molecular complexity index is 2190. The first kappa shape index (κ1) is 32.0. The highest BCUT2D eigenvalue weighted by atomic mass is 32.2. The number of carbonyl (C=O) groups is 2. The predicted molar refractivity (Wildman–Crippen MR) is 199 cm³/mol. The van der Waals surface area contributed by atoms with Crippen molar-refractivity contribution in [3.63, 3.8) is 0 Å². The van der Waals surface area contributed by atoms with Crippen LogP contribution in [0.25, 0.3) is 21.3 Å². The zero-order valence-corrected chi connectivity index (χ0v) is 29.4. The molecule has 0 spiro atoms. The van der Waals surface area contributed by atoms with Crippen LogP contribution >= 0.6 is 23.1 Å². The van der Waals surface area contributed by atoms with Gasteiger partial charge in [0.15, 0.2) is 5.13 Å². The largest absolute Gasteiger partial charge is 0.512 e. The second-order valence-electron chi connectivity index (χ2n) is 14.4. The van der Waals surface area contributed by atoms with Crippen LogP contribution in [0.3, 0.4) is 0 Å². The molecule has 5 aliphatic rings. The Labute approximate surface area is 303 Å². The second-order valence-corrected chi connectivity index (χ2v) is 17.0. The Hall–Kier alpha value is -4.92. The third-order valence-electron chi connectivity index (χ3n) is 11.1. The lowest BCUT2D eigenvalue weighted by atomic mass is 9.56. The summed E-state index contributed by atoms with van der Waals surface area (Å²) in [7, 11) is 0. The maximum absolute atomic E-state index is 13.6. The third-order valence-corrected chi connectivity index (χ3v) is 13.6. The Morgan fingerprint density at radius 2 is 1.71 bits per heavy atom. The number of hydrogen-bond donors (Lipinski definition) is 2. The number of pyridine rings is 1. The van der Waals surface area contributed by atoms with Crippen molar-refractivity contribution in [1.29, 1.82) is 5.26 Å². The Morgan fingerprint density at radius 1 is 0.941 bits per heavy atom. The van der Waals surface area contributed by atoms with E-state index in [0.29, 0.717) is 52.7 Å². The van der Waals surface area contributed by atoms with Crippen molar-refractivity contribution >= 4 is 56.3 Å². The first-order valence-corrected chi connectivity index (χ1v) is 19.1. The van der Waals surface area contributed by atoms with Gasteiger partial charge >= 0.3 is 6.16 Å². The fraction of sp³-hybridized carbons (Fsp3) is 0.325. The van der Waals surface area contributed by atoms with Crippen LogP contribution in [0.2, 0.25) is 0 Å². The minimum Gasteiger partial charge on any atom is -0.449 e. The Balaban J connectivity index is 1.01. The molecule has 51 heavy (non-hydrogen) atoms. The molecule has 0 radical (unpaired) electrons. The SMILES string of the molecule is N#Cc1c(SC23CC4CC(CC(C4)C2)C3)cccc1-c1ccc(N2CCc3cccc(C(=O)Nc4nc5ccccc5s4)c3C2)nc1OC(=O)O. The number of ether oxygens (including phenoxy) is 1. The molecule has 0 atom stereocenters. The zero-order valence-electron chi connectivity index (χ0n) is 27.8. The lowest BCUT2D eigenvalue weighted by Gasteiger charge is -2.56. The molecule has 5 aromatic rings. The molecule has 4 fully saturated rings. The van der Waals surface area contributed by atoms with Gasteiger partial charge in [-0.05, 0) is 110 Å². The fourth-order valence-corrected chi connectivity index (χ4v) is 12.1. The topological polar surface area (TPSA) is 128 Å². The summed E-state index contributed by atoms with van der Waals surface area (Å²) in [4.78, 5) is 37.8. The molecular formula is C40H35N5O4S2. The average molecular weight is 714 g/mol. The predicted octanol–water partition coefficient (Wildman–Crippen LogP) is 9.16. The summed E-state index contributed by atoms with van der Waals surface area (Å²) >= 11 is 3.29. The van der Waals surface area contributed by atoms with Gasteiger partial charge in [0, 0.05) is 39.4 Å². The van der Waals surface area contributed by atoms with Crippen molar-refractivity contribution in [2.45, 2.75) is 61.1 Å². The van der Waals surface area contributed by atoms with Crippen LogP contribution in [0.1, 0.15) is 65.6 Å². The fourth-order valence-electron chi connectivity index (χ4n) is 9.40. The molecule has 4 aliphatic carbocycles. The quantitative estimate of drug-likeness (QED) is 0.159. The van der Waals surface area contributed by atoms with E-state index >= 15 is 0 Å². The number of nitriles is 1. The normalized spacial score (nSPS) is 23.1. The van der Waals surface area contributed by atoms with Gasteiger partial charge in [-0.2, -0.15) is 10.2 Å². The number of fused-ring (bicyclic) bond motifs is 2. The summed E-state index contributed by atoms with van der Waals surface area (Å²) in [5.41, 5.74) is 4.95. The van der Waals surface area contributed by atoms with Crippen molar-refractivity contribution in [1.82, 2.24) is 9.97 Å². The maximum atomic E-state index is 13.6. The number of hydrogen-bond acceptors (Lipinski definition) is 9. The van der Waals surface area contributed by atoms with Crippen LogP contribution in [0, 0.1) is 29.1 Å². The number of thioether (sulfide) groups is 1. The third kappa shape index (κ3) is 6.00. The average Bonchev–Trinajstić information content (AvgIpc) is 3.52. The van der Waals surface area contributed by atoms with Crippen molar-refractivity contribution < 1.29 is 19.4 Å². The molecule has 0 saturated heterocycles. The number of carbonyl (C=O) groups excluding carboxylic acids is 1. The number of aromatic nitrogens is 2. The number of amides is 1. The molecule has 256 valence electrons. The molecular weight excluding hydrogens is 679 g/mol. The first-order valence-electron chi connectivity index (χ1n) is 17.5. The van der Waals surface area contributed by atoms with Gasteiger partial charge in [-0.25, -0.2) is 9.78 Å². The molecule has 4 bridgehead atoms. The van der Waals surface area contributed by atoms with Crippen molar-refractivity contribution in [2.75, 3.05) is 16.8 Å². The van der Waals surface area contributed by atoms with E-state index in [2.05, 4.69) is 16.4 Å². The van der Waals surface area contributed by atoms with Crippen molar-refractivity contribution in [2.24, 2.45) is 17.8 Å². The summed E-state index contributed by atoms with van der Waals surface area (Å²) in [6.45, 7) is 1.02. The Morgan fingerprint density at radius 3 is 2.45 bits per heavy atom. The summed E-state index contributed by atoms with van der Waals surface area (Å²) in [6.07, 6.45) is 6.85. The van der Waals surface area contributed by atoms with E-state index in [1.54, 1.807) is 6.07 Å². The zero-order chi connectivity index (χ0) is 34.7. The molecule has 2 N–H and O–H groups in total. The summed E-state index contributed by atoms with van der Waals surface area (Å²) in [5, 5.41) is 23.8. The number of anilines is 2. The van der Waals surface area contributed by atoms with Crippen LogP contribution in [-0.2, 0) is 13.0 Å². The molecule has 3 aromatic carbocycles. The van der Waals surface area contributed by atoms with E-state index in [-0.39, 0.29) is 16.5 Å². The first-order chi connectivity index (χ1) is 24.8. The van der Waals surface area contributed by atoms with Crippen molar-refractivity contribution in [3.05, 3.63) is 95.1 Å². The number of rotatable bonds is 7. The van der Waals surface area contributed by atoms with Crippen LogP contribution in [0.5, 0.6) is 5.88 Å². The van der Waals surface area contributed by atoms with Crippen LogP contribution in [0.15, 0.2) is 77.7 Å². The van der Waals surface area contributed by atoms with E-state index < -0.39 is 6.16 Å². The van der Waals surface area contributed by atoms with Gasteiger partial charge in [-0.3, -0.25) is 10.1 Å². The summed E-state index contributed by atoms with van der Waals surface area (Å²) in [6, 6.07) is 25.4. The monoisotopic (exact) mass is 713 g/mol. The minimum atomic E-state index is -1.48. The molecule has 4 saturated carbocycles. The number of thiazole rings is 1. The number of carboxylic acid groups (broad SMARTS) is 1. The van der Waals surface area contributed by atoms with E-state index in [1.807, 2.05) is 83.4 Å². The lowest BCUT2D eigenvalue weighted by Crippen LogP contribution is -2.48. The Kier molecular flexibility index (Phi) is 7.97. The van der Waals surface area contributed by atoms with Gasteiger partial charge in [-0.15, -0.1) is 11.8 Å². The highest BCUT2D eigenvalue weighted by molar-refractivity contribution is 8.00. The van der Waals surface area contributed by atoms with E-state index in [1.165, 1.54) is 49.9 Å². The van der Waals surface area contributed by atoms with Gasteiger partial charge in [-0.1, -0.05) is 47.7 Å². The van der Waals surface area contributed by atoms with E-state index in [0.717, 1.165) is 44.0 Å². The highest BCUT2D eigenvalue weighted by Gasteiger charge is 2.51. The van der Waals surface area contributed by atoms with Gasteiger partial charge < -0.3 is 14.7 Å². The van der Waals surface area contributed by atoms with Crippen LogP contribution in [-0.4, -0.2) is 38.4 Å². The number of para-hydroxylation sites is 1. The molecule has 10 rings (SSSR count). The minimum absolute atomic E-state index is 0.0684. The lowest BCUT2D eigenvalue weighted by molar-refractivity contribution is 0.0383. The standard InChI is InChI=1S/C40H35N5O4S2/c41-21-30-27(6-4-10-33(30)51-40-18-23-15-24(19-40)17-25(16-23)20-40)29-11-12-35(43-37(29)49-39(47)48)45-14-13-26-5-3-7-28(31(26)22-45)36(46)44-38-42-32-8-1-2-9-34(32)50-38/h1-12,23-25H,13-20,22H2,(H,47,48)(H,42,44,46). The molecule has 1 amide bonds. The van der Waals surface area contributed by atoms with Crippen LogP contribution in [0.4, 0.5) is 15.7 Å². The summed E-state index contributed by atoms with van der Waals surface area (Å²) < 4.78 is 6.48. The molecule has 2 aromatic heterocycles. The maximum Gasteiger partial charge on any atom is 0.512 e.